The summed E-state index contributed by atoms with van der Waals surface area (Å²) in [5, 5.41) is 0.948. The number of pyridine rings is 1. The molecule has 4 aromatic rings. The van der Waals surface area contributed by atoms with Crippen LogP contribution in [0.5, 0.6) is 11.5 Å². The number of rotatable bonds is 9. The number of ether oxygens (including phenoxy) is 2. The molecule has 4 heteroatoms. The van der Waals surface area contributed by atoms with Crippen LogP contribution in [-0.4, -0.2) is 30.1 Å². The lowest BCUT2D eigenvalue weighted by Crippen LogP contribution is -2.22. The maximum atomic E-state index is 6.29. The maximum absolute atomic E-state index is 6.29. The van der Waals surface area contributed by atoms with Crippen LogP contribution in [0.2, 0.25) is 0 Å². The molecule has 0 fully saturated rings. The topological polar surface area (TPSA) is 34.6 Å². The van der Waals surface area contributed by atoms with Crippen LogP contribution in [0, 0.1) is 0 Å². The van der Waals surface area contributed by atoms with Crippen LogP contribution >= 0.6 is 0 Å². The van der Waals surface area contributed by atoms with E-state index in [9.17, 15) is 0 Å². The molecule has 0 saturated carbocycles. The fourth-order valence-electron chi connectivity index (χ4n) is 3.84. The molecular weight excluding hydrogens is 396 g/mol. The van der Waals surface area contributed by atoms with Crippen molar-refractivity contribution in [1.82, 2.24) is 9.88 Å². The van der Waals surface area contributed by atoms with E-state index in [1.54, 1.807) is 7.11 Å². The molecule has 1 aromatic heterocycles. The standard InChI is InChI=1S/C28H30N2O2/c1-4-30(5-2)19-22-12-9-13-23(16-22)27-18-28(32-20-21-10-7-6-8-11-21)25-17-24(31-3)14-15-26(25)29-27/h6-18H,4-5,19-20H2,1-3H3. The number of aromatic nitrogens is 1. The van der Waals surface area contributed by atoms with Gasteiger partial charge in [-0.25, -0.2) is 4.98 Å². The minimum absolute atomic E-state index is 0.499. The van der Waals surface area contributed by atoms with Crippen molar-refractivity contribution in [3.05, 3.63) is 90.0 Å². The number of hydrogen-bond donors (Lipinski definition) is 0. The Labute approximate surface area is 190 Å². The molecule has 1 heterocycles. The number of fused-ring (bicyclic) bond motifs is 1. The summed E-state index contributed by atoms with van der Waals surface area (Å²) >= 11 is 0. The second-order valence-corrected chi connectivity index (χ2v) is 7.82. The van der Waals surface area contributed by atoms with Gasteiger partial charge in [0.15, 0.2) is 0 Å². The van der Waals surface area contributed by atoms with Gasteiger partial charge in [0.1, 0.15) is 18.1 Å². The lowest BCUT2D eigenvalue weighted by molar-refractivity contribution is 0.296. The van der Waals surface area contributed by atoms with E-state index in [1.807, 2.05) is 42.5 Å². The highest BCUT2D eigenvalue weighted by Crippen LogP contribution is 2.33. The minimum Gasteiger partial charge on any atom is -0.497 e. The average molecular weight is 427 g/mol. The van der Waals surface area contributed by atoms with E-state index < -0.39 is 0 Å². The largest absolute Gasteiger partial charge is 0.497 e. The molecule has 164 valence electrons. The highest BCUT2D eigenvalue weighted by molar-refractivity contribution is 5.89. The zero-order valence-corrected chi connectivity index (χ0v) is 19.0. The Morgan fingerprint density at radius 3 is 2.34 bits per heavy atom. The van der Waals surface area contributed by atoms with Gasteiger partial charge in [0, 0.05) is 23.6 Å². The molecule has 0 saturated heterocycles. The van der Waals surface area contributed by atoms with Crippen molar-refractivity contribution in [2.75, 3.05) is 20.2 Å². The van der Waals surface area contributed by atoms with Crippen LogP contribution in [0.1, 0.15) is 25.0 Å². The maximum Gasteiger partial charge on any atom is 0.131 e. The van der Waals surface area contributed by atoms with Crippen LogP contribution in [0.15, 0.2) is 78.9 Å². The van der Waals surface area contributed by atoms with Crippen molar-refractivity contribution in [3.63, 3.8) is 0 Å². The molecule has 0 spiro atoms. The molecule has 3 aromatic carbocycles. The van der Waals surface area contributed by atoms with E-state index in [1.165, 1.54) is 5.56 Å². The summed E-state index contributed by atoms with van der Waals surface area (Å²) in [7, 11) is 1.68. The molecule has 0 unspecified atom stereocenters. The normalized spacial score (nSPS) is 11.1. The second-order valence-electron chi connectivity index (χ2n) is 7.82. The van der Waals surface area contributed by atoms with Crippen LogP contribution in [-0.2, 0) is 13.2 Å². The second kappa shape index (κ2) is 10.3. The SMILES string of the molecule is CCN(CC)Cc1cccc(-c2cc(OCc3ccccc3)c3cc(OC)ccc3n2)c1. The van der Waals surface area contributed by atoms with E-state index in [4.69, 9.17) is 14.5 Å². The quantitative estimate of drug-likeness (QED) is 0.313. The summed E-state index contributed by atoms with van der Waals surface area (Å²) in [4.78, 5) is 7.36. The first-order chi connectivity index (χ1) is 15.7. The van der Waals surface area contributed by atoms with Crippen LogP contribution < -0.4 is 9.47 Å². The van der Waals surface area contributed by atoms with Crippen LogP contribution in [0.25, 0.3) is 22.2 Å². The first-order valence-corrected chi connectivity index (χ1v) is 11.2. The molecule has 4 rings (SSSR count). The third kappa shape index (κ3) is 5.09. The van der Waals surface area contributed by atoms with Gasteiger partial charge >= 0.3 is 0 Å². The Hall–Kier alpha value is -3.37. The van der Waals surface area contributed by atoms with Crippen molar-refractivity contribution in [2.45, 2.75) is 27.0 Å². The Balaban J connectivity index is 1.72. The molecule has 0 amide bonds. The van der Waals surface area contributed by atoms with Crippen molar-refractivity contribution in [2.24, 2.45) is 0 Å². The first-order valence-electron chi connectivity index (χ1n) is 11.2. The molecule has 0 bridgehead atoms. The predicted molar refractivity (Wildman–Crippen MR) is 131 cm³/mol. The smallest absolute Gasteiger partial charge is 0.131 e. The lowest BCUT2D eigenvalue weighted by Gasteiger charge is -2.18. The van der Waals surface area contributed by atoms with Gasteiger partial charge in [-0.05, 0) is 48.5 Å². The fourth-order valence-corrected chi connectivity index (χ4v) is 3.84. The van der Waals surface area contributed by atoms with Gasteiger partial charge < -0.3 is 9.47 Å². The number of nitrogens with zero attached hydrogens (tertiary/aromatic N) is 2. The third-order valence-electron chi connectivity index (χ3n) is 5.74. The van der Waals surface area contributed by atoms with Gasteiger partial charge in [-0.1, -0.05) is 62.4 Å². The van der Waals surface area contributed by atoms with Gasteiger partial charge in [-0.15, -0.1) is 0 Å². The van der Waals surface area contributed by atoms with E-state index in [2.05, 4.69) is 55.1 Å². The summed E-state index contributed by atoms with van der Waals surface area (Å²) in [6, 6.07) is 26.8. The summed E-state index contributed by atoms with van der Waals surface area (Å²) in [6.45, 7) is 7.90. The molecule has 4 nitrogen and oxygen atoms in total. The monoisotopic (exact) mass is 426 g/mol. The summed E-state index contributed by atoms with van der Waals surface area (Å²) in [5.74, 6) is 1.60. The summed E-state index contributed by atoms with van der Waals surface area (Å²) in [6.07, 6.45) is 0. The zero-order chi connectivity index (χ0) is 22.3. The number of hydrogen-bond acceptors (Lipinski definition) is 4. The predicted octanol–water partition coefficient (Wildman–Crippen LogP) is 6.33. The Bertz CT molecular complexity index is 1170. The minimum atomic E-state index is 0.499. The van der Waals surface area contributed by atoms with E-state index >= 15 is 0 Å². The van der Waals surface area contributed by atoms with E-state index in [-0.39, 0.29) is 0 Å². The van der Waals surface area contributed by atoms with Crippen LogP contribution in [0.3, 0.4) is 0 Å². The summed E-state index contributed by atoms with van der Waals surface area (Å²) < 4.78 is 11.7. The molecule has 0 atom stereocenters. The lowest BCUT2D eigenvalue weighted by atomic mass is 10.0. The van der Waals surface area contributed by atoms with Crippen LogP contribution in [0.4, 0.5) is 0 Å². The van der Waals surface area contributed by atoms with E-state index in [0.717, 1.165) is 58.9 Å². The number of benzene rings is 3. The zero-order valence-electron chi connectivity index (χ0n) is 19.0. The van der Waals surface area contributed by atoms with E-state index in [0.29, 0.717) is 6.61 Å². The van der Waals surface area contributed by atoms with Gasteiger partial charge in [-0.3, -0.25) is 4.90 Å². The molecular formula is C28H30N2O2. The molecule has 0 radical (unpaired) electrons. The first kappa shape index (κ1) is 21.8. The van der Waals surface area contributed by atoms with Crippen molar-refractivity contribution in [1.29, 1.82) is 0 Å². The molecule has 32 heavy (non-hydrogen) atoms. The summed E-state index contributed by atoms with van der Waals surface area (Å²) in [5.41, 5.74) is 5.31. The Morgan fingerprint density at radius 1 is 0.812 bits per heavy atom. The highest BCUT2D eigenvalue weighted by atomic mass is 16.5. The fraction of sp³-hybridized carbons (Fsp3) is 0.250. The van der Waals surface area contributed by atoms with Gasteiger partial charge in [-0.2, -0.15) is 0 Å². The molecule has 0 aliphatic heterocycles. The molecule has 0 N–H and O–H groups in total. The molecule has 0 aliphatic rings. The van der Waals surface area contributed by atoms with Gasteiger partial charge in [0.2, 0.25) is 0 Å². The van der Waals surface area contributed by atoms with Gasteiger partial charge in [0.25, 0.3) is 0 Å². The highest BCUT2D eigenvalue weighted by Gasteiger charge is 2.12. The number of methoxy groups -OCH3 is 1. The third-order valence-corrected chi connectivity index (χ3v) is 5.74. The Morgan fingerprint density at radius 2 is 1.59 bits per heavy atom. The van der Waals surface area contributed by atoms with Crippen molar-refractivity contribution >= 4 is 10.9 Å². The Kier molecular flexibility index (Phi) is 7.03. The van der Waals surface area contributed by atoms with Gasteiger partial charge in [0.05, 0.1) is 18.3 Å². The van der Waals surface area contributed by atoms with Crippen molar-refractivity contribution < 1.29 is 9.47 Å². The average Bonchev–Trinajstić information content (AvgIpc) is 2.86. The van der Waals surface area contributed by atoms with Crippen molar-refractivity contribution in [3.8, 4) is 22.8 Å². The molecule has 0 aliphatic carbocycles.